The van der Waals surface area contributed by atoms with Crippen LogP contribution in [-0.4, -0.2) is 6.29 Å². The van der Waals surface area contributed by atoms with Crippen molar-refractivity contribution in [3.63, 3.8) is 0 Å². The summed E-state index contributed by atoms with van der Waals surface area (Å²) in [6, 6.07) is 19.3. The van der Waals surface area contributed by atoms with Crippen molar-refractivity contribution in [2.24, 2.45) is 0 Å². The molecular weight excluding hydrogens is 244 g/mol. The van der Waals surface area contributed by atoms with E-state index in [0.29, 0.717) is 17.0 Å². The Bertz CT molecular complexity index is 544. The molecule has 0 aliphatic rings. The van der Waals surface area contributed by atoms with Crippen LogP contribution in [0.2, 0.25) is 0 Å². The molecule has 0 saturated heterocycles. The minimum Gasteiger partial charge on any atom is -0.298 e. The van der Waals surface area contributed by atoms with E-state index < -0.39 is 0 Å². The number of aldehydes is 1. The maximum absolute atomic E-state index is 11.2. The lowest BCUT2D eigenvalue weighted by molar-refractivity contribution is -0.103. The smallest absolute Gasteiger partial charge is 0.151 e. The summed E-state index contributed by atoms with van der Waals surface area (Å²) in [5.41, 5.74) is 2.51. The summed E-state index contributed by atoms with van der Waals surface area (Å²) in [4.78, 5) is 11.2. The van der Waals surface area contributed by atoms with Crippen LogP contribution < -0.4 is 0 Å². The molecule has 0 aromatic heterocycles. The molecule has 2 rings (SSSR count). The Labute approximate surface area is 112 Å². The minimum atomic E-state index is 0.557. The molecule has 18 heavy (non-hydrogen) atoms. The molecule has 1 nitrogen and oxygen atoms in total. The average molecular weight is 257 g/mol. The molecule has 0 N–H and O–H groups in total. The quantitative estimate of drug-likeness (QED) is 0.595. The predicted molar refractivity (Wildman–Crippen MR) is 75.4 cm³/mol. The van der Waals surface area contributed by atoms with Crippen molar-refractivity contribution in [2.75, 3.05) is 0 Å². The monoisotopic (exact) mass is 256 g/mol. The standard InChI is InChI=1S/C16H13ClO/c17-16(11-13-7-3-1-4-8-13)15(12-18)14-9-5-2-6-10-14/h1-10,12H,11H2/b16-15-. The molecule has 0 spiro atoms. The van der Waals surface area contributed by atoms with Gasteiger partial charge in [-0.2, -0.15) is 0 Å². The highest BCUT2D eigenvalue weighted by Gasteiger charge is 2.07. The SMILES string of the molecule is O=C/C(=C(/Cl)Cc1ccccc1)c1ccccc1. The number of benzene rings is 2. The summed E-state index contributed by atoms with van der Waals surface area (Å²) in [5.74, 6) is 0. The Kier molecular flexibility index (Phi) is 4.32. The summed E-state index contributed by atoms with van der Waals surface area (Å²) >= 11 is 6.26. The van der Waals surface area contributed by atoms with Crippen LogP contribution in [-0.2, 0) is 11.2 Å². The molecule has 0 radical (unpaired) electrons. The van der Waals surface area contributed by atoms with Gasteiger partial charge in [0.25, 0.3) is 0 Å². The first-order valence-electron chi connectivity index (χ1n) is 5.74. The van der Waals surface area contributed by atoms with Gasteiger partial charge in [0.1, 0.15) is 0 Å². The second kappa shape index (κ2) is 6.18. The molecule has 0 fully saturated rings. The topological polar surface area (TPSA) is 17.1 Å². The van der Waals surface area contributed by atoms with Crippen molar-refractivity contribution >= 4 is 23.5 Å². The van der Waals surface area contributed by atoms with Crippen molar-refractivity contribution in [2.45, 2.75) is 6.42 Å². The maximum atomic E-state index is 11.2. The van der Waals surface area contributed by atoms with Crippen molar-refractivity contribution in [1.29, 1.82) is 0 Å². The number of carbonyl (C=O) groups excluding carboxylic acids is 1. The maximum Gasteiger partial charge on any atom is 0.151 e. The van der Waals surface area contributed by atoms with Gasteiger partial charge in [-0.05, 0) is 11.1 Å². The summed E-state index contributed by atoms with van der Waals surface area (Å²) in [7, 11) is 0. The lowest BCUT2D eigenvalue weighted by atomic mass is 10.0. The number of halogens is 1. The molecular formula is C16H13ClO. The third kappa shape index (κ3) is 3.08. The van der Waals surface area contributed by atoms with Gasteiger partial charge in [-0.25, -0.2) is 0 Å². The predicted octanol–water partition coefficient (Wildman–Crippen LogP) is 4.08. The van der Waals surface area contributed by atoms with Gasteiger partial charge in [-0.1, -0.05) is 72.3 Å². The summed E-state index contributed by atoms with van der Waals surface area (Å²) in [6.45, 7) is 0. The van der Waals surface area contributed by atoms with E-state index in [1.54, 1.807) is 0 Å². The molecule has 0 unspecified atom stereocenters. The van der Waals surface area contributed by atoms with Gasteiger partial charge in [-0.3, -0.25) is 4.79 Å². The van der Waals surface area contributed by atoms with Crippen LogP contribution in [0, 0.1) is 0 Å². The molecule has 0 heterocycles. The van der Waals surface area contributed by atoms with Crippen molar-refractivity contribution in [3.8, 4) is 0 Å². The van der Waals surface area contributed by atoms with Crippen LogP contribution in [0.15, 0.2) is 65.7 Å². The molecule has 0 aliphatic carbocycles. The summed E-state index contributed by atoms with van der Waals surface area (Å²) in [6.07, 6.45) is 1.39. The number of hydrogen-bond acceptors (Lipinski definition) is 1. The van der Waals surface area contributed by atoms with Gasteiger partial charge in [0.05, 0.1) is 0 Å². The van der Waals surface area contributed by atoms with Gasteiger partial charge in [0.2, 0.25) is 0 Å². The Morgan fingerprint density at radius 2 is 1.50 bits per heavy atom. The van der Waals surface area contributed by atoms with E-state index >= 15 is 0 Å². The van der Waals surface area contributed by atoms with Crippen molar-refractivity contribution in [3.05, 3.63) is 76.8 Å². The molecule has 2 aromatic carbocycles. The van der Waals surface area contributed by atoms with Crippen LogP contribution in [0.1, 0.15) is 11.1 Å². The summed E-state index contributed by atoms with van der Waals surface area (Å²) < 4.78 is 0. The number of rotatable bonds is 4. The second-order valence-corrected chi connectivity index (χ2v) is 4.42. The lowest BCUT2D eigenvalue weighted by Crippen LogP contribution is -1.93. The van der Waals surface area contributed by atoms with E-state index in [4.69, 9.17) is 11.6 Å². The Balaban J connectivity index is 2.30. The minimum absolute atomic E-state index is 0.557. The van der Waals surface area contributed by atoms with Crippen molar-refractivity contribution in [1.82, 2.24) is 0 Å². The fraction of sp³-hybridized carbons (Fsp3) is 0.0625. The molecule has 0 saturated carbocycles. The van der Waals surface area contributed by atoms with Gasteiger partial charge in [0, 0.05) is 17.0 Å². The van der Waals surface area contributed by atoms with E-state index in [9.17, 15) is 4.79 Å². The molecule has 90 valence electrons. The van der Waals surface area contributed by atoms with E-state index in [1.807, 2.05) is 60.7 Å². The Morgan fingerprint density at radius 1 is 0.944 bits per heavy atom. The molecule has 2 aromatic rings. The first-order valence-corrected chi connectivity index (χ1v) is 6.12. The first kappa shape index (κ1) is 12.6. The third-order valence-corrected chi connectivity index (χ3v) is 3.03. The second-order valence-electron chi connectivity index (χ2n) is 3.96. The zero-order chi connectivity index (χ0) is 12.8. The van der Waals surface area contributed by atoms with Gasteiger partial charge < -0.3 is 0 Å². The highest BCUT2D eigenvalue weighted by atomic mass is 35.5. The van der Waals surface area contributed by atoms with Gasteiger partial charge >= 0.3 is 0 Å². The number of hydrogen-bond donors (Lipinski definition) is 0. The molecule has 0 atom stereocenters. The summed E-state index contributed by atoms with van der Waals surface area (Å²) in [5, 5.41) is 0.572. The lowest BCUT2D eigenvalue weighted by Gasteiger charge is -2.05. The van der Waals surface area contributed by atoms with Crippen LogP contribution in [0.4, 0.5) is 0 Å². The molecule has 0 amide bonds. The van der Waals surface area contributed by atoms with Gasteiger partial charge in [0.15, 0.2) is 6.29 Å². The fourth-order valence-corrected chi connectivity index (χ4v) is 2.08. The van der Waals surface area contributed by atoms with Crippen LogP contribution in [0.5, 0.6) is 0 Å². The number of allylic oxidation sites excluding steroid dienone is 2. The zero-order valence-electron chi connectivity index (χ0n) is 9.84. The Hall–Kier alpha value is -1.86. The average Bonchev–Trinajstić information content (AvgIpc) is 2.42. The first-order chi connectivity index (χ1) is 8.81. The molecule has 0 aliphatic heterocycles. The third-order valence-electron chi connectivity index (χ3n) is 2.70. The van der Waals surface area contributed by atoms with E-state index in [2.05, 4.69) is 0 Å². The molecule has 2 heteroatoms. The fourth-order valence-electron chi connectivity index (χ4n) is 1.78. The van der Waals surface area contributed by atoms with Crippen molar-refractivity contribution < 1.29 is 4.79 Å². The normalized spacial score (nSPS) is 11.8. The van der Waals surface area contributed by atoms with E-state index in [-0.39, 0.29) is 0 Å². The van der Waals surface area contributed by atoms with E-state index in [1.165, 1.54) is 0 Å². The zero-order valence-corrected chi connectivity index (χ0v) is 10.6. The number of carbonyl (C=O) groups is 1. The highest BCUT2D eigenvalue weighted by molar-refractivity contribution is 6.36. The van der Waals surface area contributed by atoms with Crippen LogP contribution in [0.3, 0.4) is 0 Å². The van der Waals surface area contributed by atoms with Gasteiger partial charge in [-0.15, -0.1) is 0 Å². The van der Waals surface area contributed by atoms with Crippen LogP contribution >= 0.6 is 11.6 Å². The Morgan fingerprint density at radius 3 is 2.06 bits per heavy atom. The van der Waals surface area contributed by atoms with E-state index in [0.717, 1.165) is 17.4 Å². The van der Waals surface area contributed by atoms with Crippen LogP contribution in [0.25, 0.3) is 5.57 Å². The largest absolute Gasteiger partial charge is 0.298 e. The molecule has 0 bridgehead atoms. The highest BCUT2D eigenvalue weighted by Crippen LogP contribution is 2.22.